The van der Waals surface area contributed by atoms with E-state index in [1.165, 1.54) is 0 Å². The molecule has 0 saturated carbocycles. The van der Waals surface area contributed by atoms with Gasteiger partial charge in [-0.15, -0.1) is 0 Å². The highest BCUT2D eigenvalue weighted by Gasteiger charge is 2.06. The van der Waals surface area contributed by atoms with E-state index < -0.39 is 0 Å². The smallest absolute Gasteiger partial charge is 0.166 e. The van der Waals surface area contributed by atoms with Gasteiger partial charge < -0.3 is 19.3 Å². The number of phenolic OH excluding ortho intramolecular Hbond substituents is 1. The van der Waals surface area contributed by atoms with Crippen molar-refractivity contribution in [1.29, 1.82) is 0 Å². The van der Waals surface area contributed by atoms with Crippen molar-refractivity contribution in [3.63, 3.8) is 0 Å². The average Bonchev–Trinajstić information content (AvgIpc) is 2.55. The van der Waals surface area contributed by atoms with Crippen molar-refractivity contribution in [3.05, 3.63) is 42.0 Å². The first-order valence-electron chi connectivity index (χ1n) is 6.90. The zero-order valence-corrected chi connectivity index (χ0v) is 12.9. The van der Waals surface area contributed by atoms with E-state index in [0.29, 0.717) is 35.1 Å². The fraction of sp³-hybridized carbons (Fsp3) is 0.235. The Morgan fingerprint density at radius 1 is 1.05 bits per heavy atom. The summed E-state index contributed by atoms with van der Waals surface area (Å²) in [5.41, 5.74) is 1.28. The third kappa shape index (κ3) is 3.49. The lowest BCUT2D eigenvalue weighted by Crippen LogP contribution is -1.93. The Morgan fingerprint density at radius 3 is 2.50 bits per heavy atom. The molecule has 0 heterocycles. The molecule has 0 aliphatic heterocycles. The van der Waals surface area contributed by atoms with Gasteiger partial charge in [0.05, 0.1) is 26.5 Å². The first-order chi connectivity index (χ1) is 10.7. The minimum absolute atomic E-state index is 0.0774. The monoisotopic (exact) mass is 301 g/mol. The quantitative estimate of drug-likeness (QED) is 0.829. The highest BCUT2D eigenvalue weighted by atomic mass is 16.5. The van der Waals surface area contributed by atoms with Crippen LogP contribution in [0, 0.1) is 0 Å². The summed E-state index contributed by atoms with van der Waals surface area (Å²) in [4.78, 5) is 4.35. The third-order valence-corrected chi connectivity index (χ3v) is 3.05. The molecule has 0 aliphatic rings. The molecule has 2 aromatic rings. The third-order valence-electron chi connectivity index (χ3n) is 3.05. The van der Waals surface area contributed by atoms with Crippen LogP contribution in [0.1, 0.15) is 12.5 Å². The minimum Gasteiger partial charge on any atom is -0.504 e. The number of ether oxygens (including phenoxy) is 3. The van der Waals surface area contributed by atoms with Gasteiger partial charge >= 0.3 is 0 Å². The van der Waals surface area contributed by atoms with Crippen molar-refractivity contribution in [2.75, 3.05) is 20.8 Å². The van der Waals surface area contributed by atoms with Crippen LogP contribution in [0.3, 0.4) is 0 Å². The molecule has 2 aromatic carbocycles. The van der Waals surface area contributed by atoms with Crippen LogP contribution in [-0.4, -0.2) is 32.1 Å². The van der Waals surface area contributed by atoms with Crippen LogP contribution >= 0.6 is 0 Å². The van der Waals surface area contributed by atoms with Gasteiger partial charge in [0.15, 0.2) is 23.0 Å². The van der Waals surface area contributed by atoms with Gasteiger partial charge in [0, 0.05) is 17.8 Å². The number of nitrogens with zero attached hydrogens (tertiary/aromatic N) is 1. The van der Waals surface area contributed by atoms with Crippen LogP contribution in [0.5, 0.6) is 23.0 Å². The Morgan fingerprint density at radius 2 is 1.82 bits per heavy atom. The van der Waals surface area contributed by atoms with Crippen LogP contribution in [0.4, 0.5) is 5.69 Å². The number of aliphatic imine (C=N–C) groups is 1. The average molecular weight is 301 g/mol. The molecule has 0 atom stereocenters. The lowest BCUT2D eigenvalue weighted by molar-refractivity contribution is 0.318. The first kappa shape index (κ1) is 15.7. The Kier molecular flexibility index (Phi) is 5.25. The molecule has 0 radical (unpaired) electrons. The topological polar surface area (TPSA) is 60.3 Å². The molecule has 0 unspecified atom stereocenters. The maximum absolute atomic E-state index is 10.1. The molecule has 0 aromatic heterocycles. The molecule has 5 heteroatoms. The van der Waals surface area contributed by atoms with Gasteiger partial charge in [-0.1, -0.05) is 6.07 Å². The fourth-order valence-electron chi connectivity index (χ4n) is 1.96. The predicted molar refractivity (Wildman–Crippen MR) is 86.1 cm³/mol. The van der Waals surface area contributed by atoms with Crippen LogP contribution in [0.2, 0.25) is 0 Å². The number of hydrogen-bond donors (Lipinski definition) is 1. The molecule has 116 valence electrons. The molecule has 0 amide bonds. The van der Waals surface area contributed by atoms with Gasteiger partial charge in [-0.2, -0.15) is 0 Å². The molecule has 22 heavy (non-hydrogen) atoms. The molecule has 0 aliphatic carbocycles. The molecule has 1 N–H and O–H groups in total. The number of hydrogen-bond acceptors (Lipinski definition) is 5. The predicted octanol–water partition coefficient (Wildman–Crippen LogP) is 3.56. The van der Waals surface area contributed by atoms with E-state index in [1.54, 1.807) is 56.8 Å². The van der Waals surface area contributed by atoms with E-state index in [2.05, 4.69) is 4.99 Å². The van der Waals surface area contributed by atoms with Crippen molar-refractivity contribution in [2.24, 2.45) is 4.99 Å². The molecule has 0 saturated heterocycles. The zero-order valence-electron chi connectivity index (χ0n) is 12.9. The van der Waals surface area contributed by atoms with Gasteiger partial charge in [-0.25, -0.2) is 0 Å². The SMILES string of the molecule is CCOc1cccc(C=Nc2ccc(OC)c(OC)c2)c1O. The highest BCUT2D eigenvalue weighted by Crippen LogP contribution is 2.32. The summed E-state index contributed by atoms with van der Waals surface area (Å²) < 4.78 is 15.8. The summed E-state index contributed by atoms with van der Waals surface area (Å²) in [6.07, 6.45) is 1.58. The molecule has 0 spiro atoms. The Labute approximate surface area is 129 Å². The van der Waals surface area contributed by atoms with Crippen molar-refractivity contribution in [2.45, 2.75) is 6.92 Å². The van der Waals surface area contributed by atoms with E-state index in [4.69, 9.17) is 14.2 Å². The van der Waals surface area contributed by atoms with Crippen LogP contribution in [-0.2, 0) is 0 Å². The maximum atomic E-state index is 10.1. The van der Waals surface area contributed by atoms with Crippen LogP contribution in [0.25, 0.3) is 0 Å². The Hall–Kier alpha value is -2.69. The summed E-state index contributed by atoms with van der Waals surface area (Å²) in [6.45, 7) is 2.35. The van der Waals surface area contributed by atoms with E-state index in [-0.39, 0.29) is 5.75 Å². The minimum atomic E-state index is 0.0774. The largest absolute Gasteiger partial charge is 0.504 e. The Bertz CT molecular complexity index is 668. The van der Waals surface area contributed by atoms with E-state index in [9.17, 15) is 5.11 Å². The number of rotatable bonds is 6. The van der Waals surface area contributed by atoms with Crippen molar-refractivity contribution in [1.82, 2.24) is 0 Å². The van der Waals surface area contributed by atoms with Gasteiger partial charge in [0.25, 0.3) is 0 Å². The van der Waals surface area contributed by atoms with Crippen LogP contribution < -0.4 is 14.2 Å². The lowest BCUT2D eigenvalue weighted by Gasteiger charge is -2.08. The zero-order chi connectivity index (χ0) is 15.9. The summed E-state index contributed by atoms with van der Waals surface area (Å²) in [5.74, 6) is 1.76. The molecular weight excluding hydrogens is 282 g/mol. The summed E-state index contributed by atoms with van der Waals surface area (Å²) in [6, 6.07) is 10.6. The number of methoxy groups -OCH3 is 2. The fourth-order valence-corrected chi connectivity index (χ4v) is 1.96. The van der Waals surface area contributed by atoms with Crippen molar-refractivity contribution in [3.8, 4) is 23.0 Å². The van der Waals surface area contributed by atoms with E-state index in [1.807, 2.05) is 6.92 Å². The summed E-state index contributed by atoms with van der Waals surface area (Å²) in [7, 11) is 3.15. The van der Waals surface area contributed by atoms with Crippen molar-refractivity contribution < 1.29 is 19.3 Å². The second kappa shape index (κ2) is 7.36. The normalized spacial score (nSPS) is 10.7. The molecular formula is C17H19NO4. The number of benzene rings is 2. The number of para-hydroxylation sites is 1. The van der Waals surface area contributed by atoms with Gasteiger partial charge in [-0.3, -0.25) is 4.99 Å². The maximum Gasteiger partial charge on any atom is 0.166 e. The number of aromatic hydroxyl groups is 1. The van der Waals surface area contributed by atoms with Crippen molar-refractivity contribution >= 4 is 11.9 Å². The van der Waals surface area contributed by atoms with Crippen LogP contribution in [0.15, 0.2) is 41.4 Å². The van der Waals surface area contributed by atoms with Gasteiger partial charge in [0.1, 0.15) is 0 Å². The molecule has 0 bridgehead atoms. The lowest BCUT2D eigenvalue weighted by atomic mass is 10.2. The molecule has 0 fully saturated rings. The second-order valence-corrected chi connectivity index (χ2v) is 4.42. The van der Waals surface area contributed by atoms with Gasteiger partial charge in [0.2, 0.25) is 0 Å². The van der Waals surface area contributed by atoms with Gasteiger partial charge in [-0.05, 0) is 31.2 Å². The standard InChI is InChI=1S/C17H19NO4/c1-4-22-15-7-5-6-12(17(15)19)11-18-13-8-9-14(20-2)16(10-13)21-3/h5-11,19H,4H2,1-3H3. The second-order valence-electron chi connectivity index (χ2n) is 4.42. The highest BCUT2D eigenvalue weighted by molar-refractivity contribution is 5.86. The molecule has 2 rings (SSSR count). The van der Waals surface area contributed by atoms with E-state index >= 15 is 0 Å². The summed E-state index contributed by atoms with van der Waals surface area (Å²) >= 11 is 0. The number of phenols is 1. The van der Waals surface area contributed by atoms with E-state index in [0.717, 1.165) is 0 Å². The summed E-state index contributed by atoms with van der Waals surface area (Å²) in [5, 5.41) is 10.1. The Balaban J connectivity index is 2.27. The molecule has 5 nitrogen and oxygen atoms in total. The first-order valence-corrected chi connectivity index (χ1v) is 6.90.